The number of rotatable bonds is 4. The minimum atomic E-state index is -4.25. The zero-order chi connectivity index (χ0) is 10.5. The molecular weight excluding hydrogens is 251 g/mol. The molecule has 0 aliphatic heterocycles. The van der Waals surface area contributed by atoms with E-state index in [9.17, 15) is 18.0 Å². The van der Waals surface area contributed by atoms with Gasteiger partial charge in [0.15, 0.2) is 0 Å². The van der Waals surface area contributed by atoms with E-state index >= 15 is 0 Å². The van der Waals surface area contributed by atoms with Gasteiger partial charge < -0.3 is 5.32 Å². The maximum absolute atomic E-state index is 11.6. The fourth-order valence-electron chi connectivity index (χ4n) is 0.598. The highest BCUT2D eigenvalue weighted by molar-refractivity contribution is 9.09. The molecule has 1 atom stereocenters. The zero-order valence-corrected chi connectivity index (χ0v) is 8.70. The normalized spacial score (nSPS) is 13.9. The van der Waals surface area contributed by atoms with Gasteiger partial charge in [0, 0.05) is 17.8 Å². The fourth-order valence-corrected chi connectivity index (χ4v) is 0.760. The Balaban J connectivity index is 3.53. The summed E-state index contributed by atoms with van der Waals surface area (Å²) in [7, 11) is 0. The largest absolute Gasteiger partial charge is 0.389 e. The molecule has 0 bridgehead atoms. The van der Waals surface area contributed by atoms with Gasteiger partial charge in [-0.15, -0.1) is 0 Å². The minimum absolute atomic E-state index is 0.0716. The Bertz CT molecular complexity index is 170. The first kappa shape index (κ1) is 12.7. The van der Waals surface area contributed by atoms with Crippen LogP contribution < -0.4 is 5.32 Å². The number of amides is 1. The Morgan fingerprint density at radius 2 is 2.08 bits per heavy atom. The zero-order valence-electron chi connectivity index (χ0n) is 7.12. The van der Waals surface area contributed by atoms with Crippen molar-refractivity contribution in [3.05, 3.63) is 0 Å². The Labute approximate surface area is 83.0 Å². The van der Waals surface area contributed by atoms with Crippen LogP contribution in [-0.4, -0.2) is 23.5 Å². The first-order valence-electron chi connectivity index (χ1n) is 3.79. The Kier molecular flexibility index (Phi) is 5.36. The minimum Gasteiger partial charge on any atom is -0.355 e. The van der Waals surface area contributed by atoms with Gasteiger partial charge in [-0.1, -0.05) is 22.9 Å². The van der Waals surface area contributed by atoms with E-state index in [2.05, 4.69) is 21.2 Å². The van der Waals surface area contributed by atoms with E-state index in [4.69, 9.17) is 0 Å². The number of hydrogen-bond acceptors (Lipinski definition) is 1. The van der Waals surface area contributed by atoms with Gasteiger partial charge in [-0.25, -0.2) is 0 Å². The summed E-state index contributed by atoms with van der Waals surface area (Å²) in [6, 6.07) is 0. The van der Waals surface area contributed by atoms with Gasteiger partial charge in [0.1, 0.15) is 0 Å². The Hall–Kier alpha value is -0.260. The molecular formula is C7H11BrF3NO. The lowest BCUT2D eigenvalue weighted by Crippen LogP contribution is -2.29. The standard InChI is InChI=1S/C7H11BrF3NO/c1-5(8)4-12-6(13)2-3-7(9,10)11/h5H,2-4H2,1H3,(H,12,13). The van der Waals surface area contributed by atoms with Gasteiger partial charge in [0.25, 0.3) is 0 Å². The third-order valence-corrected chi connectivity index (χ3v) is 1.54. The molecule has 78 valence electrons. The van der Waals surface area contributed by atoms with Crippen molar-refractivity contribution < 1.29 is 18.0 Å². The third kappa shape index (κ3) is 9.66. The number of carbonyl (C=O) groups is 1. The molecule has 0 aromatic rings. The molecule has 0 spiro atoms. The molecule has 1 unspecified atom stereocenters. The first-order valence-corrected chi connectivity index (χ1v) is 4.70. The first-order chi connectivity index (χ1) is 5.81. The van der Waals surface area contributed by atoms with E-state index in [1.165, 1.54) is 0 Å². The molecule has 0 saturated carbocycles. The lowest BCUT2D eigenvalue weighted by molar-refractivity contribution is -0.144. The summed E-state index contributed by atoms with van der Waals surface area (Å²) in [6.45, 7) is 2.14. The van der Waals surface area contributed by atoms with E-state index in [1.54, 1.807) is 6.92 Å². The van der Waals surface area contributed by atoms with Crippen molar-refractivity contribution in [2.75, 3.05) is 6.54 Å². The number of nitrogens with one attached hydrogen (secondary N) is 1. The van der Waals surface area contributed by atoms with Crippen molar-refractivity contribution in [2.24, 2.45) is 0 Å². The maximum atomic E-state index is 11.6. The topological polar surface area (TPSA) is 29.1 Å². The van der Waals surface area contributed by atoms with Gasteiger partial charge in [-0.3, -0.25) is 4.79 Å². The van der Waals surface area contributed by atoms with E-state index < -0.39 is 24.9 Å². The highest BCUT2D eigenvalue weighted by Crippen LogP contribution is 2.20. The summed E-state index contributed by atoms with van der Waals surface area (Å²) in [6.07, 6.45) is -5.81. The fraction of sp³-hybridized carbons (Fsp3) is 0.857. The lowest BCUT2D eigenvalue weighted by atomic mass is 10.3. The summed E-state index contributed by atoms with van der Waals surface area (Å²) in [5.74, 6) is -0.566. The van der Waals surface area contributed by atoms with Crippen LogP contribution in [0.1, 0.15) is 19.8 Å². The smallest absolute Gasteiger partial charge is 0.355 e. The maximum Gasteiger partial charge on any atom is 0.389 e. The van der Waals surface area contributed by atoms with Crippen molar-refractivity contribution in [1.82, 2.24) is 5.32 Å². The van der Waals surface area contributed by atoms with Crippen molar-refractivity contribution >= 4 is 21.8 Å². The predicted molar refractivity (Wildman–Crippen MR) is 46.7 cm³/mol. The molecule has 0 fully saturated rings. The number of hydrogen-bond donors (Lipinski definition) is 1. The monoisotopic (exact) mass is 261 g/mol. The van der Waals surface area contributed by atoms with Crippen LogP contribution in [0.2, 0.25) is 0 Å². The van der Waals surface area contributed by atoms with Gasteiger partial charge in [-0.2, -0.15) is 13.2 Å². The molecule has 6 heteroatoms. The van der Waals surface area contributed by atoms with E-state index in [0.717, 1.165) is 0 Å². The predicted octanol–water partition coefficient (Wildman–Crippen LogP) is 2.23. The molecule has 1 N–H and O–H groups in total. The average molecular weight is 262 g/mol. The highest BCUT2D eigenvalue weighted by atomic mass is 79.9. The van der Waals surface area contributed by atoms with Crippen LogP contribution in [0.3, 0.4) is 0 Å². The van der Waals surface area contributed by atoms with Crippen molar-refractivity contribution in [1.29, 1.82) is 0 Å². The lowest BCUT2D eigenvalue weighted by Gasteiger charge is -2.07. The van der Waals surface area contributed by atoms with Crippen LogP contribution in [0.5, 0.6) is 0 Å². The SMILES string of the molecule is CC(Br)CNC(=O)CCC(F)(F)F. The Morgan fingerprint density at radius 3 is 2.46 bits per heavy atom. The van der Waals surface area contributed by atoms with Crippen LogP contribution >= 0.6 is 15.9 Å². The van der Waals surface area contributed by atoms with E-state index in [-0.39, 0.29) is 4.83 Å². The van der Waals surface area contributed by atoms with Gasteiger partial charge in [0.05, 0.1) is 6.42 Å². The number of alkyl halides is 4. The second-order valence-electron chi connectivity index (χ2n) is 2.70. The molecule has 0 aromatic carbocycles. The van der Waals surface area contributed by atoms with Crippen LogP contribution in [0.4, 0.5) is 13.2 Å². The highest BCUT2D eigenvalue weighted by Gasteiger charge is 2.27. The molecule has 13 heavy (non-hydrogen) atoms. The van der Waals surface area contributed by atoms with Crippen molar-refractivity contribution in [3.8, 4) is 0 Å². The molecule has 0 heterocycles. The summed E-state index contributed by atoms with van der Waals surface area (Å²) in [4.78, 5) is 10.8. The van der Waals surface area contributed by atoms with Gasteiger partial charge in [0.2, 0.25) is 5.91 Å². The molecule has 0 aromatic heterocycles. The molecule has 0 rings (SSSR count). The summed E-state index contributed by atoms with van der Waals surface area (Å²) < 4.78 is 34.9. The van der Waals surface area contributed by atoms with Gasteiger partial charge in [-0.05, 0) is 0 Å². The van der Waals surface area contributed by atoms with Crippen LogP contribution in [0.15, 0.2) is 0 Å². The van der Waals surface area contributed by atoms with E-state index in [1.807, 2.05) is 0 Å². The van der Waals surface area contributed by atoms with Crippen LogP contribution in [0.25, 0.3) is 0 Å². The second-order valence-corrected chi connectivity index (χ2v) is 4.26. The molecule has 0 aliphatic carbocycles. The molecule has 2 nitrogen and oxygen atoms in total. The summed E-state index contributed by atoms with van der Waals surface area (Å²) in [5.41, 5.74) is 0. The molecule has 1 amide bonds. The Morgan fingerprint density at radius 1 is 1.54 bits per heavy atom. The average Bonchev–Trinajstić information content (AvgIpc) is 1.95. The van der Waals surface area contributed by atoms with Crippen LogP contribution in [0, 0.1) is 0 Å². The third-order valence-electron chi connectivity index (χ3n) is 1.22. The van der Waals surface area contributed by atoms with Crippen LogP contribution in [-0.2, 0) is 4.79 Å². The number of halogens is 4. The summed E-state index contributed by atoms with van der Waals surface area (Å²) in [5, 5.41) is 2.37. The molecule has 0 aliphatic rings. The second kappa shape index (κ2) is 5.47. The summed E-state index contributed by atoms with van der Waals surface area (Å²) >= 11 is 3.16. The van der Waals surface area contributed by atoms with Crippen molar-refractivity contribution in [3.63, 3.8) is 0 Å². The molecule has 0 saturated heterocycles. The van der Waals surface area contributed by atoms with Crippen molar-refractivity contribution in [2.45, 2.75) is 30.8 Å². The quantitative estimate of drug-likeness (QED) is 0.773. The van der Waals surface area contributed by atoms with Gasteiger partial charge >= 0.3 is 6.18 Å². The number of carbonyl (C=O) groups excluding carboxylic acids is 1. The van der Waals surface area contributed by atoms with E-state index in [0.29, 0.717) is 6.54 Å². The molecule has 0 radical (unpaired) electrons.